The number of benzene rings is 2. The number of nitrogens with one attached hydrogen (secondary N) is 1. The van der Waals surface area contributed by atoms with Crippen LogP contribution < -0.4 is 39.6 Å². The number of hydrazone groups is 1. The molecule has 0 atom stereocenters. The summed E-state index contributed by atoms with van der Waals surface area (Å²) in [5, 5.41) is 3.98. The number of hydrogen-bond donors (Lipinski definition) is 2. The van der Waals surface area contributed by atoms with Crippen LogP contribution in [0.5, 0.6) is 34.5 Å². The van der Waals surface area contributed by atoms with E-state index in [1.54, 1.807) is 24.3 Å². The Bertz CT molecular complexity index is 926. The lowest BCUT2D eigenvalue weighted by atomic mass is 10.1. The number of carbonyl (C=O) groups excluding carboxylic acids is 1. The third-order valence-electron chi connectivity index (χ3n) is 4.52. The fourth-order valence-corrected chi connectivity index (χ4v) is 3.08. The highest BCUT2D eigenvalue weighted by atomic mass is 16.5. The van der Waals surface area contributed by atoms with Gasteiger partial charge in [0.15, 0.2) is 23.0 Å². The largest absolute Gasteiger partial charge is 0.493 e. The number of amides is 1. The Kier molecular flexibility index (Phi) is 8.82. The predicted molar refractivity (Wildman–Crippen MR) is 119 cm³/mol. The molecule has 32 heavy (non-hydrogen) atoms. The fraction of sp³-hybridized carbons (Fsp3) is 0.364. The fourth-order valence-electron chi connectivity index (χ4n) is 3.08. The minimum Gasteiger partial charge on any atom is -0.493 e. The number of nitrogens with zero attached hydrogens (tertiary/aromatic N) is 1. The van der Waals surface area contributed by atoms with E-state index < -0.39 is 0 Å². The second kappa shape index (κ2) is 11.5. The van der Waals surface area contributed by atoms with Crippen LogP contribution in [0.1, 0.15) is 11.1 Å². The first-order valence-electron chi connectivity index (χ1n) is 9.59. The van der Waals surface area contributed by atoms with Gasteiger partial charge in [-0.05, 0) is 35.4 Å². The maximum Gasteiger partial charge on any atom is 0.244 e. The molecule has 0 aliphatic heterocycles. The third-order valence-corrected chi connectivity index (χ3v) is 4.52. The molecule has 10 heteroatoms. The highest BCUT2D eigenvalue weighted by Crippen LogP contribution is 2.39. The molecule has 0 unspecified atom stereocenters. The molecule has 0 bridgehead atoms. The number of ether oxygens (including phenoxy) is 6. The number of methoxy groups -OCH3 is 6. The van der Waals surface area contributed by atoms with Gasteiger partial charge in [-0.25, -0.2) is 5.43 Å². The van der Waals surface area contributed by atoms with Crippen LogP contribution in [0.4, 0.5) is 0 Å². The molecule has 0 spiro atoms. The van der Waals surface area contributed by atoms with Crippen molar-refractivity contribution in [1.29, 1.82) is 0 Å². The smallest absolute Gasteiger partial charge is 0.244 e. The minimum atomic E-state index is -0.355. The summed E-state index contributed by atoms with van der Waals surface area (Å²) >= 11 is 0. The van der Waals surface area contributed by atoms with E-state index in [0.29, 0.717) is 40.1 Å². The van der Waals surface area contributed by atoms with Crippen molar-refractivity contribution in [3.05, 3.63) is 35.4 Å². The van der Waals surface area contributed by atoms with Gasteiger partial charge in [0, 0.05) is 6.42 Å². The highest BCUT2D eigenvalue weighted by Gasteiger charge is 2.16. The van der Waals surface area contributed by atoms with Crippen molar-refractivity contribution < 1.29 is 33.2 Å². The highest BCUT2D eigenvalue weighted by molar-refractivity contribution is 5.86. The maximum absolute atomic E-state index is 12.4. The molecule has 0 saturated carbocycles. The molecule has 0 aliphatic carbocycles. The van der Waals surface area contributed by atoms with Crippen LogP contribution in [0.3, 0.4) is 0 Å². The van der Waals surface area contributed by atoms with Gasteiger partial charge in [0.1, 0.15) is 5.84 Å². The zero-order valence-electron chi connectivity index (χ0n) is 19.1. The Morgan fingerprint density at radius 1 is 0.719 bits per heavy atom. The maximum atomic E-state index is 12.4. The summed E-state index contributed by atoms with van der Waals surface area (Å²) in [5.41, 5.74) is 9.89. The average molecular weight is 447 g/mol. The SMILES string of the molecule is COc1cc(CC(=O)N/N=C(\N)Cc2cc(OC)c(OC)c(OC)c2)cc(OC)c1OC. The third kappa shape index (κ3) is 5.87. The molecule has 0 aliphatic rings. The van der Waals surface area contributed by atoms with Gasteiger partial charge in [-0.2, -0.15) is 5.10 Å². The van der Waals surface area contributed by atoms with E-state index in [4.69, 9.17) is 34.2 Å². The Labute approximate surface area is 187 Å². The molecule has 0 fully saturated rings. The van der Waals surface area contributed by atoms with Gasteiger partial charge < -0.3 is 34.2 Å². The monoisotopic (exact) mass is 447 g/mol. The quantitative estimate of drug-likeness (QED) is 0.304. The zero-order valence-corrected chi connectivity index (χ0v) is 19.1. The van der Waals surface area contributed by atoms with Gasteiger partial charge in [-0.15, -0.1) is 0 Å². The van der Waals surface area contributed by atoms with Crippen LogP contribution in [-0.2, 0) is 17.6 Å². The van der Waals surface area contributed by atoms with Gasteiger partial charge >= 0.3 is 0 Å². The van der Waals surface area contributed by atoms with E-state index in [9.17, 15) is 4.79 Å². The summed E-state index contributed by atoms with van der Waals surface area (Å²) < 4.78 is 31.9. The van der Waals surface area contributed by atoms with Crippen molar-refractivity contribution in [3.8, 4) is 34.5 Å². The predicted octanol–water partition coefficient (Wildman–Crippen LogP) is 1.91. The summed E-state index contributed by atoms with van der Waals surface area (Å²) in [6, 6.07) is 6.93. The molecule has 3 N–H and O–H groups in total. The van der Waals surface area contributed by atoms with Crippen molar-refractivity contribution >= 4 is 11.7 Å². The van der Waals surface area contributed by atoms with Crippen molar-refractivity contribution in [2.45, 2.75) is 12.8 Å². The van der Waals surface area contributed by atoms with Gasteiger partial charge in [-0.3, -0.25) is 4.79 Å². The van der Waals surface area contributed by atoms with Crippen LogP contribution in [0.25, 0.3) is 0 Å². The molecular formula is C22H29N3O7. The normalized spacial score (nSPS) is 10.9. The lowest BCUT2D eigenvalue weighted by Gasteiger charge is -2.14. The van der Waals surface area contributed by atoms with Gasteiger partial charge in [-0.1, -0.05) is 0 Å². The van der Waals surface area contributed by atoms with E-state index in [0.717, 1.165) is 5.56 Å². The Morgan fingerprint density at radius 2 is 1.09 bits per heavy atom. The molecule has 0 saturated heterocycles. The van der Waals surface area contributed by atoms with Gasteiger partial charge in [0.25, 0.3) is 0 Å². The molecule has 174 valence electrons. The van der Waals surface area contributed by atoms with Crippen LogP contribution >= 0.6 is 0 Å². The molecule has 1 amide bonds. The van der Waals surface area contributed by atoms with Crippen molar-refractivity contribution in [2.24, 2.45) is 10.8 Å². The summed E-state index contributed by atoms with van der Waals surface area (Å²) in [4.78, 5) is 12.4. The first-order valence-corrected chi connectivity index (χ1v) is 9.59. The minimum absolute atomic E-state index is 0.0394. The van der Waals surface area contributed by atoms with Crippen molar-refractivity contribution in [3.63, 3.8) is 0 Å². The van der Waals surface area contributed by atoms with E-state index in [-0.39, 0.29) is 24.6 Å². The summed E-state index contributed by atoms with van der Waals surface area (Å²) in [6.07, 6.45) is 0.304. The topological polar surface area (TPSA) is 123 Å². The molecule has 2 aromatic carbocycles. The van der Waals surface area contributed by atoms with E-state index in [1.165, 1.54) is 42.7 Å². The van der Waals surface area contributed by atoms with Crippen molar-refractivity contribution in [2.75, 3.05) is 42.7 Å². The van der Waals surface area contributed by atoms with Crippen LogP contribution in [-0.4, -0.2) is 54.4 Å². The molecule has 0 radical (unpaired) electrons. The number of rotatable bonds is 11. The number of nitrogens with two attached hydrogens (primary N) is 1. The lowest BCUT2D eigenvalue weighted by Crippen LogP contribution is -2.25. The van der Waals surface area contributed by atoms with Crippen LogP contribution in [0, 0.1) is 0 Å². The summed E-state index contributed by atoms with van der Waals surface area (Å²) in [5.74, 6) is 2.70. The van der Waals surface area contributed by atoms with Crippen LogP contribution in [0.15, 0.2) is 29.4 Å². The van der Waals surface area contributed by atoms with E-state index in [1.807, 2.05) is 0 Å². The number of hydrogen-bond acceptors (Lipinski definition) is 8. The van der Waals surface area contributed by atoms with E-state index in [2.05, 4.69) is 10.5 Å². The summed E-state index contributed by atoms with van der Waals surface area (Å²) in [6.45, 7) is 0. The molecule has 0 heterocycles. The molecule has 2 rings (SSSR count). The second-order valence-electron chi connectivity index (χ2n) is 6.56. The lowest BCUT2D eigenvalue weighted by molar-refractivity contribution is -0.120. The summed E-state index contributed by atoms with van der Waals surface area (Å²) in [7, 11) is 9.12. The standard InChI is InChI=1S/C22H29N3O7/c1-27-15-7-13(8-16(28-2)21(15)31-5)11-19(23)24-25-20(26)12-14-9-17(29-3)22(32-6)18(10-14)30-4/h7-10H,11-12H2,1-6H3,(H2,23,24)(H,25,26). The van der Waals surface area contributed by atoms with Gasteiger partial charge in [0.2, 0.25) is 17.4 Å². The molecule has 2 aromatic rings. The Balaban J connectivity index is 2.10. The molecule has 0 aromatic heterocycles. The zero-order chi connectivity index (χ0) is 23.7. The molecular weight excluding hydrogens is 418 g/mol. The Hall–Kier alpha value is -3.82. The first-order chi connectivity index (χ1) is 15.4. The second-order valence-corrected chi connectivity index (χ2v) is 6.56. The average Bonchev–Trinajstić information content (AvgIpc) is 2.81. The van der Waals surface area contributed by atoms with Crippen LogP contribution in [0.2, 0.25) is 0 Å². The Morgan fingerprint density at radius 3 is 1.44 bits per heavy atom. The number of carbonyl (C=O) groups is 1. The van der Waals surface area contributed by atoms with Gasteiger partial charge in [0.05, 0.1) is 49.1 Å². The molecule has 10 nitrogen and oxygen atoms in total. The number of amidine groups is 1. The first kappa shape index (κ1) is 24.4. The van der Waals surface area contributed by atoms with Crippen molar-refractivity contribution in [1.82, 2.24) is 5.43 Å². The van der Waals surface area contributed by atoms with E-state index >= 15 is 0 Å².